The number of aromatic nitrogens is 1. The fraction of sp³-hybridized carbons (Fsp3) is 0.167. The standard InChI is InChI=1S/C12H10N2O2/c1-2-15-10-6-4-3-5-9(10)11-8-14-12(7-13)16-11/h3-6,8H,2H2,1H3. The molecular formula is C12H10N2O2. The van der Waals surface area contributed by atoms with Crippen molar-refractivity contribution in [2.45, 2.75) is 6.92 Å². The maximum absolute atomic E-state index is 8.63. The molecule has 2 aromatic rings. The van der Waals surface area contributed by atoms with Crippen molar-refractivity contribution >= 4 is 0 Å². The van der Waals surface area contributed by atoms with E-state index in [1.54, 1.807) is 0 Å². The highest BCUT2D eigenvalue weighted by Crippen LogP contribution is 2.29. The molecule has 0 spiro atoms. The summed E-state index contributed by atoms with van der Waals surface area (Å²) in [7, 11) is 0. The van der Waals surface area contributed by atoms with Gasteiger partial charge in [0.05, 0.1) is 18.4 Å². The first-order valence-corrected chi connectivity index (χ1v) is 4.93. The molecule has 0 fully saturated rings. The first-order valence-electron chi connectivity index (χ1n) is 4.93. The van der Waals surface area contributed by atoms with Gasteiger partial charge in [-0.1, -0.05) is 12.1 Å². The molecular weight excluding hydrogens is 204 g/mol. The molecule has 4 heteroatoms. The minimum atomic E-state index is 0.0568. The lowest BCUT2D eigenvalue weighted by molar-refractivity contribution is 0.340. The highest BCUT2D eigenvalue weighted by molar-refractivity contribution is 5.65. The Morgan fingerprint density at radius 1 is 1.44 bits per heavy atom. The van der Waals surface area contributed by atoms with Gasteiger partial charge >= 0.3 is 5.89 Å². The summed E-state index contributed by atoms with van der Waals surface area (Å²) in [6.07, 6.45) is 1.52. The van der Waals surface area contributed by atoms with E-state index in [9.17, 15) is 0 Å². The third-order valence-electron chi connectivity index (χ3n) is 2.05. The highest BCUT2D eigenvalue weighted by Gasteiger charge is 2.10. The fourth-order valence-electron chi connectivity index (χ4n) is 1.40. The van der Waals surface area contributed by atoms with Crippen LogP contribution in [0.4, 0.5) is 0 Å². The van der Waals surface area contributed by atoms with Gasteiger partial charge in [0.15, 0.2) is 11.8 Å². The molecule has 1 aromatic carbocycles. The zero-order valence-electron chi connectivity index (χ0n) is 8.80. The van der Waals surface area contributed by atoms with Crippen LogP contribution in [0.25, 0.3) is 11.3 Å². The Bertz CT molecular complexity index is 526. The van der Waals surface area contributed by atoms with Crippen molar-refractivity contribution in [1.29, 1.82) is 5.26 Å². The average molecular weight is 214 g/mol. The van der Waals surface area contributed by atoms with E-state index in [0.29, 0.717) is 12.4 Å². The summed E-state index contributed by atoms with van der Waals surface area (Å²) in [6.45, 7) is 2.49. The molecule has 0 radical (unpaired) electrons. The first kappa shape index (κ1) is 10.2. The molecule has 0 saturated heterocycles. The lowest BCUT2D eigenvalue weighted by atomic mass is 10.1. The van der Waals surface area contributed by atoms with Crippen LogP contribution in [0.1, 0.15) is 12.8 Å². The normalized spacial score (nSPS) is 9.75. The first-order chi connectivity index (χ1) is 7.85. The topological polar surface area (TPSA) is 59.0 Å². The van der Waals surface area contributed by atoms with Gasteiger partial charge in [0.1, 0.15) is 5.75 Å². The summed E-state index contributed by atoms with van der Waals surface area (Å²) >= 11 is 0. The Balaban J connectivity index is 2.43. The SMILES string of the molecule is CCOc1ccccc1-c1cnc(C#N)o1. The van der Waals surface area contributed by atoms with E-state index in [4.69, 9.17) is 14.4 Å². The quantitative estimate of drug-likeness (QED) is 0.787. The number of rotatable bonds is 3. The molecule has 0 amide bonds. The Labute approximate surface area is 93.1 Å². The van der Waals surface area contributed by atoms with E-state index < -0.39 is 0 Å². The molecule has 1 heterocycles. The number of nitriles is 1. The third kappa shape index (κ3) is 1.89. The van der Waals surface area contributed by atoms with Crippen molar-refractivity contribution in [3.8, 4) is 23.1 Å². The number of benzene rings is 1. The van der Waals surface area contributed by atoms with E-state index >= 15 is 0 Å². The second-order valence-electron chi connectivity index (χ2n) is 3.07. The second-order valence-corrected chi connectivity index (χ2v) is 3.07. The highest BCUT2D eigenvalue weighted by atomic mass is 16.5. The van der Waals surface area contributed by atoms with Gasteiger partial charge in [0.2, 0.25) is 0 Å². The molecule has 0 saturated carbocycles. The van der Waals surface area contributed by atoms with Gasteiger partial charge < -0.3 is 9.15 Å². The summed E-state index contributed by atoms with van der Waals surface area (Å²) in [6, 6.07) is 9.34. The van der Waals surface area contributed by atoms with Gasteiger partial charge in [-0.3, -0.25) is 0 Å². The van der Waals surface area contributed by atoms with Crippen molar-refractivity contribution < 1.29 is 9.15 Å². The van der Waals surface area contributed by atoms with Crippen molar-refractivity contribution in [1.82, 2.24) is 4.98 Å². The van der Waals surface area contributed by atoms with Crippen LogP contribution in [-0.2, 0) is 0 Å². The summed E-state index contributed by atoms with van der Waals surface area (Å²) in [5, 5.41) is 8.63. The number of para-hydroxylation sites is 1. The van der Waals surface area contributed by atoms with E-state index in [0.717, 1.165) is 11.3 Å². The molecule has 16 heavy (non-hydrogen) atoms. The Hall–Kier alpha value is -2.28. The van der Waals surface area contributed by atoms with Gasteiger partial charge in [0.25, 0.3) is 0 Å². The maximum Gasteiger partial charge on any atom is 0.301 e. The second kappa shape index (κ2) is 4.49. The van der Waals surface area contributed by atoms with E-state index in [1.807, 2.05) is 37.3 Å². The molecule has 2 rings (SSSR count). The average Bonchev–Trinajstić information content (AvgIpc) is 2.79. The van der Waals surface area contributed by atoms with Crippen LogP contribution in [0.15, 0.2) is 34.9 Å². The number of ether oxygens (including phenoxy) is 1. The van der Waals surface area contributed by atoms with Gasteiger partial charge in [0, 0.05) is 0 Å². The van der Waals surface area contributed by atoms with Crippen LogP contribution in [-0.4, -0.2) is 11.6 Å². The molecule has 4 nitrogen and oxygen atoms in total. The number of nitrogens with zero attached hydrogens (tertiary/aromatic N) is 2. The zero-order valence-corrected chi connectivity index (χ0v) is 8.80. The van der Waals surface area contributed by atoms with Crippen molar-refractivity contribution in [3.05, 3.63) is 36.4 Å². The molecule has 0 unspecified atom stereocenters. The third-order valence-corrected chi connectivity index (χ3v) is 2.05. The monoisotopic (exact) mass is 214 g/mol. The predicted molar refractivity (Wildman–Crippen MR) is 57.8 cm³/mol. The molecule has 0 aliphatic rings. The van der Waals surface area contributed by atoms with E-state index in [2.05, 4.69) is 4.98 Å². The smallest absolute Gasteiger partial charge is 0.301 e. The number of oxazole rings is 1. The molecule has 0 N–H and O–H groups in total. The molecule has 0 aliphatic heterocycles. The number of hydrogen-bond donors (Lipinski definition) is 0. The molecule has 0 bridgehead atoms. The Kier molecular flexibility index (Phi) is 2.88. The summed E-state index contributed by atoms with van der Waals surface area (Å²) < 4.78 is 10.7. The van der Waals surface area contributed by atoms with Crippen molar-refractivity contribution in [2.24, 2.45) is 0 Å². The Morgan fingerprint density at radius 2 is 2.25 bits per heavy atom. The molecule has 0 aliphatic carbocycles. The lowest BCUT2D eigenvalue weighted by Gasteiger charge is -2.06. The van der Waals surface area contributed by atoms with E-state index in [1.165, 1.54) is 6.20 Å². The fourth-order valence-corrected chi connectivity index (χ4v) is 1.40. The largest absolute Gasteiger partial charge is 0.493 e. The Morgan fingerprint density at radius 3 is 2.94 bits per heavy atom. The summed E-state index contributed by atoms with van der Waals surface area (Å²) in [5.74, 6) is 1.33. The van der Waals surface area contributed by atoms with Crippen LogP contribution >= 0.6 is 0 Å². The van der Waals surface area contributed by atoms with E-state index in [-0.39, 0.29) is 5.89 Å². The van der Waals surface area contributed by atoms with Crippen LogP contribution < -0.4 is 4.74 Å². The van der Waals surface area contributed by atoms with Gasteiger partial charge in [-0.2, -0.15) is 5.26 Å². The molecule has 0 atom stereocenters. The number of hydrogen-bond acceptors (Lipinski definition) is 4. The van der Waals surface area contributed by atoms with Gasteiger partial charge in [-0.25, -0.2) is 4.98 Å². The minimum Gasteiger partial charge on any atom is -0.493 e. The van der Waals surface area contributed by atoms with Gasteiger partial charge in [-0.05, 0) is 19.1 Å². The van der Waals surface area contributed by atoms with Crippen LogP contribution in [0.3, 0.4) is 0 Å². The minimum absolute atomic E-state index is 0.0568. The zero-order chi connectivity index (χ0) is 11.4. The van der Waals surface area contributed by atoms with Crippen molar-refractivity contribution in [2.75, 3.05) is 6.61 Å². The van der Waals surface area contributed by atoms with Gasteiger partial charge in [-0.15, -0.1) is 0 Å². The summed E-state index contributed by atoms with van der Waals surface area (Å²) in [5.41, 5.74) is 0.804. The van der Waals surface area contributed by atoms with Crippen LogP contribution in [0.5, 0.6) is 5.75 Å². The predicted octanol–water partition coefficient (Wildman–Crippen LogP) is 2.61. The molecule has 80 valence electrons. The lowest BCUT2D eigenvalue weighted by Crippen LogP contribution is -1.93. The van der Waals surface area contributed by atoms with Crippen LogP contribution in [0, 0.1) is 11.3 Å². The van der Waals surface area contributed by atoms with Crippen molar-refractivity contribution in [3.63, 3.8) is 0 Å². The molecule has 1 aromatic heterocycles. The maximum atomic E-state index is 8.63. The van der Waals surface area contributed by atoms with Crippen LogP contribution in [0.2, 0.25) is 0 Å². The summed E-state index contributed by atoms with van der Waals surface area (Å²) in [4.78, 5) is 3.83.